The van der Waals surface area contributed by atoms with Gasteiger partial charge in [-0.25, -0.2) is 5.01 Å². The molecule has 1 aliphatic rings. The Labute approximate surface area is 144 Å². The van der Waals surface area contributed by atoms with Crippen LogP contribution in [0.25, 0.3) is 11.4 Å². The van der Waals surface area contributed by atoms with Crippen molar-refractivity contribution in [3.8, 4) is 11.4 Å². The highest BCUT2D eigenvalue weighted by atomic mass is 16.5. The minimum Gasteiger partial charge on any atom is -0.332 e. The minimum atomic E-state index is -0.00426. The molecule has 0 radical (unpaired) electrons. The first-order valence-electron chi connectivity index (χ1n) is 8.11. The summed E-state index contributed by atoms with van der Waals surface area (Å²) < 4.78 is 5.36. The zero-order valence-corrected chi connectivity index (χ0v) is 13.5. The lowest BCUT2D eigenvalue weighted by atomic mass is 10.1. The molecule has 0 unspecified atom stereocenters. The predicted molar refractivity (Wildman–Crippen MR) is 92.5 cm³/mol. The summed E-state index contributed by atoms with van der Waals surface area (Å²) in [6, 6.07) is 19.4. The van der Waals surface area contributed by atoms with Crippen LogP contribution in [0.5, 0.6) is 0 Å². The molecule has 6 heteroatoms. The number of nitrogens with zero attached hydrogens (tertiary/aromatic N) is 4. The first kappa shape index (κ1) is 15.3. The Morgan fingerprint density at radius 1 is 0.960 bits per heavy atom. The first-order chi connectivity index (χ1) is 12.3. The SMILES string of the molecule is O=C1CCC(c2nc(-c3ccccc3)no2)=NN1Cc1ccccc1. The van der Waals surface area contributed by atoms with Crippen LogP contribution in [-0.4, -0.2) is 26.8 Å². The lowest BCUT2D eigenvalue weighted by Crippen LogP contribution is -2.31. The van der Waals surface area contributed by atoms with Gasteiger partial charge >= 0.3 is 0 Å². The Balaban J connectivity index is 1.58. The Morgan fingerprint density at radius 3 is 2.44 bits per heavy atom. The van der Waals surface area contributed by atoms with E-state index in [0.717, 1.165) is 11.1 Å². The third kappa shape index (κ3) is 3.33. The van der Waals surface area contributed by atoms with Gasteiger partial charge in [-0.1, -0.05) is 65.8 Å². The van der Waals surface area contributed by atoms with Gasteiger partial charge in [-0.2, -0.15) is 10.1 Å². The fourth-order valence-corrected chi connectivity index (χ4v) is 2.68. The summed E-state index contributed by atoms with van der Waals surface area (Å²) >= 11 is 0. The normalized spacial score (nSPS) is 14.5. The smallest absolute Gasteiger partial charge is 0.274 e. The van der Waals surface area contributed by atoms with Crippen molar-refractivity contribution in [3.05, 3.63) is 72.1 Å². The van der Waals surface area contributed by atoms with E-state index >= 15 is 0 Å². The van der Waals surface area contributed by atoms with Crippen LogP contribution in [0, 0.1) is 0 Å². The molecule has 4 rings (SSSR count). The molecule has 0 spiro atoms. The van der Waals surface area contributed by atoms with Crippen LogP contribution >= 0.6 is 0 Å². The third-order valence-electron chi connectivity index (χ3n) is 3.99. The van der Waals surface area contributed by atoms with Crippen LogP contribution in [-0.2, 0) is 11.3 Å². The van der Waals surface area contributed by atoms with Crippen molar-refractivity contribution in [3.63, 3.8) is 0 Å². The molecule has 2 heterocycles. The van der Waals surface area contributed by atoms with Gasteiger partial charge < -0.3 is 4.52 Å². The quantitative estimate of drug-likeness (QED) is 0.735. The second kappa shape index (κ2) is 6.68. The number of benzene rings is 2. The monoisotopic (exact) mass is 332 g/mol. The van der Waals surface area contributed by atoms with Crippen molar-refractivity contribution >= 4 is 11.6 Å². The number of rotatable bonds is 4. The van der Waals surface area contributed by atoms with E-state index in [1.165, 1.54) is 5.01 Å². The van der Waals surface area contributed by atoms with Crippen LogP contribution in [0.1, 0.15) is 24.3 Å². The summed E-state index contributed by atoms with van der Waals surface area (Å²) in [6.07, 6.45) is 0.884. The van der Waals surface area contributed by atoms with Gasteiger partial charge in [0.05, 0.1) is 6.54 Å². The van der Waals surface area contributed by atoms with Crippen LogP contribution in [0.3, 0.4) is 0 Å². The fourth-order valence-electron chi connectivity index (χ4n) is 2.68. The van der Waals surface area contributed by atoms with E-state index in [2.05, 4.69) is 15.2 Å². The van der Waals surface area contributed by atoms with Gasteiger partial charge in [0.25, 0.3) is 5.89 Å². The van der Waals surface area contributed by atoms with Crippen LogP contribution in [0.4, 0.5) is 0 Å². The summed E-state index contributed by atoms with van der Waals surface area (Å²) in [7, 11) is 0. The summed E-state index contributed by atoms with van der Waals surface area (Å²) in [5.41, 5.74) is 2.55. The zero-order chi connectivity index (χ0) is 17.1. The number of hydrogen-bond donors (Lipinski definition) is 0. The number of hydrogen-bond acceptors (Lipinski definition) is 5. The summed E-state index contributed by atoms with van der Waals surface area (Å²) in [5.74, 6) is 0.879. The maximum atomic E-state index is 12.2. The Morgan fingerprint density at radius 2 is 1.68 bits per heavy atom. The van der Waals surface area contributed by atoms with Crippen LogP contribution < -0.4 is 0 Å². The standard InChI is InChI=1S/C19H16N4O2/c24-17-12-11-16(21-23(17)13-14-7-3-1-4-8-14)19-20-18(22-25-19)15-9-5-2-6-10-15/h1-10H,11-13H2. The first-order valence-corrected chi connectivity index (χ1v) is 8.11. The number of aromatic nitrogens is 2. The fraction of sp³-hybridized carbons (Fsp3) is 0.158. The summed E-state index contributed by atoms with van der Waals surface area (Å²) in [6.45, 7) is 0.433. The largest absolute Gasteiger partial charge is 0.332 e. The molecule has 0 bridgehead atoms. The Hall–Kier alpha value is -3.28. The van der Waals surface area contributed by atoms with E-state index in [9.17, 15) is 4.79 Å². The predicted octanol–water partition coefficient (Wildman–Crippen LogP) is 3.26. The molecule has 1 aromatic heterocycles. The molecule has 2 aromatic carbocycles. The topological polar surface area (TPSA) is 71.6 Å². The van der Waals surface area contributed by atoms with Gasteiger partial charge in [0.1, 0.15) is 5.71 Å². The number of hydrazone groups is 1. The molecule has 0 aliphatic carbocycles. The minimum absolute atomic E-state index is 0.00426. The van der Waals surface area contributed by atoms with Gasteiger partial charge in [-0.15, -0.1) is 0 Å². The lowest BCUT2D eigenvalue weighted by Gasteiger charge is -2.22. The van der Waals surface area contributed by atoms with Gasteiger partial charge in [-0.3, -0.25) is 4.79 Å². The molecular weight excluding hydrogens is 316 g/mol. The average Bonchev–Trinajstić information content (AvgIpc) is 3.15. The molecule has 0 N–H and O–H groups in total. The maximum absolute atomic E-state index is 12.2. The Bertz CT molecular complexity index is 903. The molecule has 0 fully saturated rings. The molecular formula is C19H16N4O2. The molecule has 1 amide bonds. The van der Waals surface area contributed by atoms with Gasteiger partial charge in [0.15, 0.2) is 0 Å². The number of amides is 1. The lowest BCUT2D eigenvalue weighted by molar-refractivity contribution is -0.132. The second-order valence-corrected chi connectivity index (χ2v) is 5.77. The van der Waals surface area contributed by atoms with Crippen molar-refractivity contribution in [2.45, 2.75) is 19.4 Å². The van der Waals surface area contributed by atoms with Crippen LogP contribution in [0.15, 0.2) is 70.3 Å². The van der Waals surface area contributed by atoms with E-state index in [4.69, 9.17) is 4.52 Å². The summed E-state index contributed by atoms with van der Waals surface area (Å²) in [4.78, 5) is 16.6. The zero-order valence-electron chi connectivity index (χ0n) is 13.5. The molecule has 3 aromatic rings. The highest BCUT2D eigenvalue weighted by Crippen LogP contribution is 2.20. The highest BCUT2D eigenvalue weighted by Gasteiger charge is 2.25. The molecule has 6 nitrogen and oxygen atoms in total. The molecule has 0 saturated heterocycles. The van der Waals surface area contributed by atoms with Crippen molar-refractivity contribution in [2.75, 3.05) is 0 Å². The van der Waals surface area contributed by atoms with Crippen molar-refractivity contribution in [1.29, 1.82) is 0 Å². The molecule has 124 valence electrons. The van der Waals surface area contributed by atoms with Crippen molar-refractivity contribution in [2.24, 2.45) is 5.10 Å². The number of carbonyl (C=O) groups excluding carboxylic acids is 1. The van der Waals surface area contributed by atoms with Gasteiger partial charge in [0, 0.05) is 18.4 Å². The highest BCUT2D eigenvalue weighted by molar-refractivity contribution is 6.01. The molecule has 1 aliphatic heterocycles. The second-order valence-electron chi connectivity index (χ2n) is 5.77. The molecule has 25 heavy (non-hydrogen) atoms. The van der Waals surface area contributed by atoms with E-state index < -0.39 is 0 Å². The van der Waals surface area contributed by atoms with Gasteiger partial charge in [-0.05, 0) is 5.56 Å². The number of carbonyl (C=O) groups is 1. The van der Waals surface area contributed by atoms with E-state index in [0.29, 0.717) is 36.8 Å². The van der Waals surface area contributed by atoms with Crippen molar-refractivity contribution in [1.82, 2.24) is 15.1 Å². The Kier molecular flexibility index (Phi) is 4.08. The van der Waals surface area contributed by atoms with E-state index in [-0.39, 0.29) is 5.91 Å². The third-order valence-corrected chi connectivity index (χ3v) is 3.99. The van der Waals surface area contributed by atoms with E-state index in [1.807, 2.05) is 60.7 Å². The van der Waals surface area contributed by atoms with Gasteiger partial charge in [0.2, 0.25) is 11.7 Å². The maximum Gasteiger partial charge on any atom is 0.274 e. The van der Waals surface area contributed by atoms with E-state index in [1.54, 1.807) is 0 Å². The van der Waals surface area contributed by atoms with Crippen LogP contribution in [0.2, 0.25) is 0 Å². The average molecular weight is 332 g/mol. The van der Waals surface area contributed by atoms with Crippen molar-refractivity contribution < 1.29 is 9.32 Å². The summed E-state index contributed by atoms with van der Waals surface area (Å²) in [5, 5.41) is 9.93. The molecule has 0 saturated carbocycles. The molecule has 0 atom stereocenters.